The predicted molar refractivity (Wildman–Crippen MR) is 98.9 cm³/mol. The van der Waals surface area contributed by atoms with Crippen LogP contribution < -0.4 is 10.6 Å². The molecule has 0 saturated carbocycles. The number of pyridine rings is 1. The monoisotopic (exact) mass is 367 g/mol. The molecule has 2 heterocycles. The SMILES string of the molecule is CC(C)(C)NC(=O)CC1(OC(=O)c2ccccn2)C(=O)Nc2ccccc21. The molecule has 1 atom stereocenters. The van der Waals surface area contributed by atoms with E-state index in [1.165, 1.54) is 12.3 Å². The number of anilines is 1. The number of rotatable bonds is 4. The number of hydrogen-bond acceptors (Lipinski definition) is 5. The topological polar surface area (TPSA) is 97.4 Å². The Balaban J connectivity index is 1.99. The van der Waals surface area contributed by atoms with Crippen LogP contribution in [-0.4, -0.2) is 28.3 Å². The van der Waals surface area contributed by atoms with Gasteiger partial charge in [0.25, 0.3) is 5.91 Å². The lowest BCUT2D eigenvalue weighted by atomic mass is 9.90. The van der Waals surface area contributed by atoms with E-state index in [-0.39, 0.29) is 12.1 Å². The van der Waals surface area contributed by atoms with Crippen LogP contribution in [0.3, 0.4) is 0 Å². The number of nitrogens with zero attached hydrogens (tertiary/aromatic N) is 1. The van der Waals surface area contributed by atoms with Gasteiger partial charge in [0.15, 0.2) is 0 Å². The van der Waals surface area contributed by atoms with Crippen molar-refractivity contribution in [3.63, 3.8) is 0 Å². The molecule has 1 aromatic carbocycles. The lowest BCUT2D eigenvalue weighted by Crippen LogP contribution is -2.47. The molecule has 2 aromatic rings. The number of nitrogens with one attached hydrogen (secondary N) is 2. The maximum atomic E-state index is 12.8. The van der Waals surface area contributed by atoms with Crippen molar-refractivity contribution in [2.24, 2.45) is 0 Å². The zero-order valence-corrected chi connectivity index (χ0v) is 15.4. The molecule has 7 nitrogen and oxygen atoms in total. The second-order valence-electron chi connectivity index (χ2n) is 7.41. The quantitative estimate of drug-likeness (QED) is 0.809. The Labute approximate surface area is 157 Å². The minimum Gasteiger partial charge on any atom is -0.439 e. The Kier molecular flexibility index (Phi) is 4.70. The molecule has 0 radical (unpaired) electrons. The van der Waals surface area contributed by atoms with Gasteiger partial charge in [0, 0.05) is 23.0 Å². The van der Waals surface area contributed by atoms with Crippen molar-refractivity contribution in [3.05, 3.63) is 59.9 Å². The minimum absolute atomic E-state index is 0.0604. The van der Waals surface area contributed by atoms with Crippen LogP contribution in [0, 0.1) is 0 Å². The first-order valence-corrected chi connectivity index (χ1v) is 8.58. The van der Waals surface area contributed by atoms with Crippen LogP contribution in [0.5, 0.6) is 0 Å². The third-order valence-electron chi connectivity index (χ3n) is 4.04. The average molecular weight is 367 g/mol. The van der Waals surface area contributed by atoms with Crippen LogP contribution in [0.2, 0.25) is 0 Å². The number of para-hydroxylation sites is 1. The Bertz CT molecular complexity index is 890. The molecule has 1 aromatic heterocycles. The molecule has 1 unspecified atom stereocenters. The zero-order chi connectivity index (χ0) is 19.7. The van der Waals surface area contributed by atoms with Crippen molar-refractivity contribution in [2.75, 3.05) is 5.32 Å². The van der Waals surface area contributed by atoms with Gasteiger partial charge in [-0.25, -0.2) is 9.78 Å². The van der Waals surface area contributed by atoms with E-state index in [0.717, 1.165) is 0 Å². The smallest absolute Gasteiger partial charge is 0.358 e. The molecule has 27 heavy (non-hydrogen) atoms. The number of amides is 2. The number of carbonyl (C=O) groups excluding carboxylic acids is 3. The Hall–Kier alpha value is -3.22. The Morgan fingerprint density at radius 3 is 2.52 bits per heavy atom. The summed E-state index contributed by atoms with van der Waals surface area (Å²) in [6.07, 6.45) is 1.13. The maximum Gasteiger partial charge on any atom is 0.358 e. The molecular weight excluding hydrogens is 346 g/mol. The molecular formula is C20H21N3O4. The first-order chi connectivity index (χ1) is 12.7. The fraction of sp³-hybridized carbons (Fsp3) is 0.300. The fourth-order valence-corrected chi connectivity index (χ4v) is 2.99. The summed E-state index contributed by atoms with van der Waals surface area (Å²) in [5.41, 5.74) is -1.22. The van der Waals surface area contributed by atoms with Gasteiger partial charge >= 0.3 is 5.97 Å². The number of ether oxygens (including phenoxy) is 1. The van der Waals surface area contributed by atoms with Gasteiger partial charge < -0.3 is 15.4 Å². The third-order valence-corrected chi connectivity index (χ3v) is 4.04. The largest absolute Gasteiger partial charge is 0.439 e. The van der Waals surface area contributed by atoms with Gasteiger partial charge in [-0.2, -0.15) is 0 Å². The summed E-state index contributed by atoms with van der Waals surface area (Å²) >= 11 is 0. The standard InChI is InChI=1S/C20H21N3O4/c1-19(2,3)23-16(24)12-20(27-17(25)15-10-6-7-11-21-15)13-8-4-5-9-14(13)22-18(20)26/h4-11H,12H2,1-3H3,(H,22,26)(H,23,24). The highest BCUT2D eigenvalue weighted by Crippen LogP contribution is 2.41. The third kappa shape index (κ3) is 3.81. The number of aromatic nitrogens is 1. The van der Waals surface area contributed by atoms with Gasteiger partial charge in [-0.1, -0.05) is 24.3 Å². The summed E-state index contributed by atoms with van der Waals surface area (Å²) in [5, 5.41) is 5.51. The molecule has 140 valence electrons. The highest BCUT2D eigenvalue weighted by molar-refractivity contribution is 6.08. The second kappa shape index (κ2) is 6.83. The van der Waals surface area contributed by atoms with Crippen molar-refractivity contribution < 1.29 is 19.1 Å². The van der Waals surface area contributed by atoms with Crippen LogP contribution in [-0.2, 0) is 19.9 Å². The molecule has 1 aliphatic heterocycles. The summed E-state index contributed by atoms with van der Waals surface area (Å²) in [5.74, 6) is -1.73. The molecule has 0 saturated heterocycles. The van der Waals surface area contributed by atoms with Gasteiger partial charge in [-0.15, -0.1) is 0 Å². The van der Waals surface area contributed by atoms with Crippen molar-refractivity contribution in [1.29, 1.82) is 0 Å². The highest BCUT2D eigenvalue weighted by atomic mass is 16.6. The van der Waals surface area contributed by atoms with Crippen molar-refractivity contribution in [3.8, 4) is 0 Å². The fourth-order valence-electron chi connectivity index (χ4n) is 2.99. The van der Waals surface area contributed by atoms with Crippen molar-refractivity contribution >= 4 is 23.5 Å². The maximum absolute atomic E-state index is 12.8. The number of hydrogen-bond donors (Lipinski definition) is 2. The van der Waals surface area contributed by atoms with Crippen LogP contribution in [0.15, 0.2) is 48.7 Å². The molecule has 1 aliphatic rings. The number of carbonyl (C=O) groups is 3. The molecule has 0 spiro atoms. The van der Waals surface area contributed by atoms with Gasteiger partial charge in [-0.3, -0.25) is 9.59 Å². The van der Waals surface area contributed by atoms with Gasteiger partial charge in [0.2, 0.25) is 11.5 Å². The van der Waals surface area contributed by atoms with Gasteiger partial charge in [0.05, 0.1) is 6.42 Å². The summed E-state index contributed by atoms with van der Waals surface area (Å²) in [4.78, 5) is 42.0. The average Bonchev–Trinajstić information content (AvgIpc) is 2.86. The van der Waals surface area contributed by atoms with E-state index >= 15 is 0 Å². The molecule has 0 bridgehead atoms. The van der Waals surface area contributed by atoms with Crippen LogP contribution >= 0.6 is 0 Å². The molecule has 2 N–H and O–H groups in total. The van der Waals surface area contributed by atoms with Crippen LogP contribution in [0.25, 0.3) is 0 Å². The first kappa shape index (κ1) is 18.6. The summed E-state index contributed by atoms with van der Waals surface area (Å²) < 4.78 is 5.63. The molecule has 7 heteroatoms. The van der Waals surface area contributed by atoms with Gasteiger partial charge in [0.1, 0.15) is 5.69 Å². The lowest BCUT2D eigenvalue weighted by molar-refractivity contribution is -0.142. The van der Waals surface area contributed by atoms with E-state index in [1.54, 1.807) is 36.4 Å². The Morgan fingerprint density at radius 2 is 1.85 bits per heavy atom. The minimum atomic E-state index is -1.75. The normalized spacial score (nSPS) is 18.4. The van der Waals surface area contributed by atoms with Crippen molar-refractivity contribution in [2.45, 2.75) is 38.3 Å². The second-order valence-corrected chi connectivity index (χ2v) is 7.41. The van der Waals surface area contributed by atoms with E-state index in [4.69, 9.17) is 4.74 Å². The van der Waals surface area contributed by atoms with Crippen LogP contribution in [0.1, 0.15) is 43.2 Å². The number of benzene rings is 1. The predicted octanol–water partition coefficient (Wildman–Crippen LogP) is 2.39. The van der Waals surface area contributed by atoms with Gasteiger partial charge in [-0.05, 0) is 39.0 Å². The van der Waals surface area contributed by atoms with E-state index < -0.39 is 28.9 Å². The van der Waals surface area contributed by atoms with E-state index in [0.29, 0.717) is 11.3 Å². The highest BCUT2D eigenvalue weighted by Gasteiger charge is 2.52. The molecule has 0 aliphatic carbocycles. The van der Waals surface area contributed by atoms with Crippen LogP contribution in [0.4, 0.5) is 5.69 Å². The van der Waals surface area contributed by atoms with E-state index in [1.807, 2.05) is 20.8 Å². The lowest BCUT2D eigenvalue weighted by Gasteiger charge is -2.29. The number of fused-ring (bicyclic) bond motifs is 1. The summed E-state index contributed by atoms with van der Waals surface area (Å²) in [6.45, 7) is 5.50. The first-order valence-electron chi connectivity index (χ1n) is 8.58. The zero-order valence-electron chi connectivity index (χ0n) is 15.4. The molecule has 0 fully saturated rings. The molecule has 3 rings (SSSR count). The summed E-state index contributed by atoms with van der Waals surface area (Å²) in [6, 6.07) is 11.7. The van der Waals surface area contributed by atoms with Crippen molar-refractivity contribution in [1.82, 2.24) is 10.3 Å². The molecule has 2 amide bonds. The summed E-state index contributed by atoms with van der Waals surface area (Å²) in [7, 11) is 0. The Morgan fingerprint density at radius 1 is 1.15 bits per heavy atom. The number of esters is 1. The van der Waals surface area contributed by atoms with E-state index in [9.17, 15) is 14.4 Å². The van der Waals surface area contributed by atoms with E-state index in [2.05, 4.69) is 15.6 Å².